The molecule has 0 saturated carbocycles. The predicted octanol–water partition coefficient (Wildman–Crippen LogP) is 1.48. The van der Waals surface area contributed by atoms with Crippen molar-refractivity contribution in [2.75, 3.05) is 13.1 Å². The Balaban J connectivity index is 1.93. The van der Waals surface area contributed by atoms with Gasteiger partial charge in [0.15, 0.2) is 5.78 Å². The first-order valence-electron chi connectivity index (χ1n) is 5.06. The van der Waals surface area contributed by atoms with Crippen LogP contribution in [0.2, 0.25) is 0 Å². The molecule has 0 radical (unpaired) electrons. The highest BCUT2D eigenvalue weighted by molar-refractivity contribution is 7.07. The van der Waals surface area contributed by atoms with Crippen molar-refractivity contribution in [2.45, 2.75) is 19.3 Å². The molecule has 1 saturated heterocycles. The van der Waals surface area contributed by atoms with Crippen LogP contribution in [0.25, 0.3) is 0 Å². The normalized spacial score (nSPS) is 16.8. The van der Waals surface area contributed by atoms with Gasteiger partial charge in [-0.3, -0.25) is 9.59 Å². The molecule has 0 spiro atoms. The van der Waals surface area contributed by atoms with Crippen LogP contribution in [0.1, 0.15) is 18.4 Å². The molecule has 0 N–H and O–H groups in total. The molecular formula is C11H13NO2S. The van der Waals surface area contributed by atoms with Crippen LogP contribution in [0, 0.1) is 0 Å². The second-order valence-electron chi connectivity index (χ2n) is 3.77. The first-order valence-corrected chi connectivity index (χ1v) is 6.00. The van der Waals surface area contributed by atoms with E-state index >= 15 is 0 Å². The summed E-state index contributed by atoms with van der Waals surface area (Å²) in [5.41, 5.74) is 1.04. The second kappa shape index (κ2) is 4.57. The molecule has 0 bridgehead atoms. The van der Waals surface area contributed by atoms with Crippen LogP contribution in [0.4, 0.5) is 0 Å². The zero-order valence-electron chi connectivity index (χ0n) is 8.44. The summed E-state index contributed by atoms with van der Waals surface area (Å²) in [6, 6.07) is 1.95. The number of piperidine rings is 1. The van der Waals surface area contributed by atoms with Crippen LogP contribution in [0.3, 0.4) is 0 Å². The van der Waals surface area contributed by atoms with Gasteiger partial charge < -0.3 is 4.90 Å². The van der Waals surface area contributed by atoms with Crippen molar-refractivity contribution in [2.24, 2.45) is 0 Å². The molecule has 2 heterocycles. The number of amides is 1. The SMILES string of the molecule is O=C1CCCN(C(=O)Cc2ccsc2)C1. The quantitative estimate of drug-likeness (QED) is 0.761. The smallest absolute Gasteiger partial charge is 0.227 e. The molecule has 4 heteroatoms. The van der Waals surface area contributed by atoms with Crippen LogP contribution in [-0.4, -0.2) is 29.7 Å². The Labute approximate surface area is 92.7 Å². The largest absolute Gasteiger partial charge is 0.335 e. The van der Waals surface area contributed by atoms with Crippen LogP contribution in [-0.2, 0) is 16.0 Å². The van der Waals surface area contributed by atoms with E-state index in [2.05, 4.69) is 0 Å². The van der Waals surface area contributed by atoms with Gasteiger partial charge in [0.2, 0.25) is 5.91 Å². The third kappa shape index (κ3) is 2.65. The lowest BCUT2D eigenvalue weighted by Crippen LogP contribution is -2.40. The van der Waals surface area contributed by atoms with E-state index in [1.807, 2.05) is 16.8 Å². The fraction of sp³-hybridized carbons (Fsp3) is 0.455. The highest BCUT2D eigenvalue weighted by Gasteiger charge is 2.21. The highest BCUT2D eigenvalue weighted by atomic mass is 32.1. The fourth-order valence-corrected chi connectivity index (χ4v) is 2.40. The van der Waals surface area contributed by atoms with Gasteiger partial charge >= 0.3 is 0 Å². The molecule has 0 aromatic carbocycles. The Bertz CT molecular complexity index is 359. The van der Waals surface area contributed by atoms with E-state index in [4.69, 9.17) is 0 Å². The molecule has 1 aromatic heterocycles. The van der Waals surface area contributed by atoms with Gasteiger partial charge in [0, 0.05) is 13.0 Å². The third-order valence-electron chi connectivity index (χ3n) is 2.54. The highest BCUT2D eigenvalue weighted by Crippen LogP contribution is 2.11. The van der Waals surface area contributed by atoms with Crippen molar-refractivity contribution in [3.05, 3.63) is 22.4 Å². The van der Waals surface area contributed by atoms with Crippen LogP contribution >= 0.6 is 11.3 Å². The minimum atomic E-state index is 0.0708. The van der Waals surface area contributed by atoms with E-state index in [1.54, 1.807) is 16.2 Å². The standard InChI is InChI=1S/C11H13NO2S/c13-10-2-1-4-12(7-10)11(14)6-9-3-5-15-8-9/h3,5,8H,1-2,4,6-7H2. The van der Waals surface area contributed by atoms with Crippen molar-refractivity contribution >= 4 is 23.0 Å². The Morgan fingerprint density at radius 1 is 1.53 bits per heavy atom. The number of hydrogen-bond donors (Lipinski definition) is 0. The molecule has 1 aliphatic rings. The average molecular weight is 223 g/mol. The summed E-state index contributed by atoms with van der Waals surface area (Å²) >= 11 is 1.59. The number of likely N-dealkylation sites (tertiary alicyclic amines) is 1. The maximum atomic E-state index is 11.8. The van der Waals surface area contributed by atoms with E-state index in [1.165, 1.54) is 0 Å². The maximum Gasteiger partial charge on any atom is 0.227 e. The lowest BCUT2D eigenvalue weighted by atomic mass is 10.1. The van der Waals surface area contributed by atoms with Gasteiger partial charge in [-0.2, -0.15) is 11.3 Å². The van der Waals surface area contributed by atoms with E-state index in [0.717, 1.165) is 18.5 Å². The number of rotatable bonds is 2. The molecule has 3 nitrogen and oxygen atoms in total. The summed E-state index contributed by atoms with van der Waals surface area (Å²) in [6.07, 6.45) is 1.87. The molecule has 1 aromatic rings. The third-order valence-corrected chi connectivity index (χ3v) is 3.27. The molecule has 15 heavy (non-hydrogen) atoms. The lowest BCUT2D eigenvalue weighted by Gasteiger charge is -2.25. The molecule has 80 valence electrons. The zero-order chi connectivity index (χ0) is 10.7. The second-order valence-corrected chi connectivity index (χ2v) is 4.55. The molecule has 1 amide bonds. The first-order chi connectivity index (χ1) is 7.25. The summed E-state index contributed by atoms with van der Waals surface area (Å²) in [5.74, 6) is 0.251. The number of carbonyl (C=O) groups excluding carboxylic acids is 2. The molecule has 1 fully saturated rings. The van der Waals surface area contributed by atoms with E-state index in [9.17, 15) is 9.59 Å². The molecule has 2 rings (SSSR count). The maximum absolute atomic E-state index is 11.8. The monoisotopic (exact) mass is 223 g/mol. The number of ketones is 1. The van der Waals surface area contributed by atoms with Gasteiger partial charge in [0.25, 0.3) is 0 Å². The van der Waals surface area contributed by atoms with Gasteiger partial charge in [-0.05, 0) is 28.8 Å². The first kappa shape index (κ1) is 10.4. The van der Waals surface area contributed by atoms with E-state index in [-0.39, 0.29) is 11.7 Å². The molecular weight excluding hydrogens is 210 g/mol. The number of Topliss-reactive ketones (excluding diaryl/α,β-unsaturated/α-hetero) is 1. The predicted molar refractivity (Wildman–Crippen MR) is 58.8 cm³/mol. The van der Waals surface area contributed by atoms with Gasteiger partial charge in [0.1, 0.15) is 0 Å². The zero-order valence-corrected chi connectivity index (χ0v) is 9.26. The topological polar surface area (TPSA) is 37.4 Å². The van der Waals surface area contributed by atoms with E-state index < -0.39 is 0 Å². The van der Waals surface area contributed by atoms with E-state index in [0.29, 0.717) is 19.4 Å². The number of nitrogens with zero attached hydrogens (tertiary/aromatic N) is 1. The van der Waals surface area contributed by atoms with Gasteiger partial charge in [-0.1, -0.05) is 0 Å². The summed E-state index contributed by atoms with van der Waals surface area (Å²) in [7, 11) is 0. The number of thiophene rings is 1. The van der Waals surface area contributed by atoms with Gasteiger partial charge in [-0.25, -0.2) is 0 Å². The Morgan fingerprint density at radius 3 is 3.07 bits per heavy atom. The van der Waals surface area contributed by atoms with Crippen molar-refractivity contribution in [1.82, 2.24) is 4.90 Å². The molecule has 1 aliphatic heterocycles. The lowest BCUT2D eigenvalue weighted by molar-refractivity contribution is -0.137. The molecule has 0 unspecified atom stereocenters. The fourth-order valence-electron chi connectivity index (χ4n) is 1.73. The minimum Gasteiger partial charge on any atom is -0.335 e. The summed E-state index contributed by atoms with van der Waals surface area (Å²) < 4.78 is 0. The van der Waals surface area contributed by atoms with Crippen LogP contribution < -0.4 is 0 Å². The summed E-state index contributed by atoms with van der Waals surface area (Å²) in [6.45, 7) is 1.04. The Morgan fingerprint density at radius 2 is 2.40 bits per heavy atom. The Kier molecular flexibility index (Phi) is 3.16. The Hall–Kier alpha value is -1.16. The average Bonchev–Trinajstić information content (AvgIpc) is 2.70. The number of carbonyl (C=O) groups is 2. The molecule has 0 aliphatic carbocycles. The van der Waals surface area contributed by atoms with Crippen molar-refractivity contribution in [1.29, 1.82) is 0 Å². The van der Waals surface area contributed by atoms with Gasteiger partial charge in [-0.15, -0.1) is 0 Å². The van der Waals surface area contributed by atoms with Gasteiger partial charge in [0.05, 0.1) is 13.0 Å². The molecule has 0 atom stereocenters. The number of hydrogen-bond acceptors (Lipinski definition) is 3. The van der Waals surface area contributed by atoms with Crippen LogP contribution in [0.15, 0.2) is 16.8 Å². The minimum absolute atomic E-state index is 0.0708. The summed E-state index contributed by atoms with van der Waals surface area (Å²) in [5, 5.41) is 3.94. The summed E-state index contributed by atoms with van der Waals surface area (Å²) in [4.78, 5) is 24.6. The van der Waals surface area contributed by atoms with Crippen LogP contribution in [0.5, 0.6) is 0 Å². The van der Waals surface area contributed by atoms with Crippen molar-refractivity contribution in [3.63, 3.8) is 0 Å². The van der Waals surface area contributed by atoms with Crippen molar-refractivity contribution in [3.8, 4) is 0 Å². The van der Waals surface area contributed by atoms with Crippen molar-refractivity contribution < 1.29 is 9.59 Å².